The molecule has 0 saturated carbocycles. The highest BCUT2D eigenvalue weighted by atomic mass is 16.4. The fourth-order valence-corrected chi connectivity index (χ4v) is 1.22. The van der Waals surface area contributed by atoms with Crippen molar-refractivity contribution in [3.8, 4) is 0 Å². The van der Waals surface area contributed by atoms with E-state index in [-0.39, 0.29) is 10.8 Å². The molecule has 0 radical (unpaired) electrons. The van der Waals surface area contributed by atoms with Gasteiger partial charge in [-0.2, -0.15) is 0 Å². The van der Waals surface area contributed by atoms with E-state index in [0.29, 0.717) is 0 Å². The van der Waals surface area contributed by atoms with Crippen LogP contribution >= 0.6 is 0 Å². The molecule has 1 aromatic carbocycles. The van der Waals surface area contributed by atoms with E-state index < -0.39 is 16.2 Å². The van der Waals surface area contributed by atoms with Crippen molar-refractivity contribution in [2.24, 2.45) is 5.16 Å². The third-order valence-corrected chi connectivity index (χ3v) is 1.84. The van der Waals surface area contributed by atoms with E-state index in [0.717, 1.165) is 0 Å². The van der Waals surface area contributed by atoms with Gasteiger partial charge < -0.3 is 5.21 Å². The molecule has 0 spiro atoms. The molecule has 64 valence electrons. The molecule has 0 atom stereocenters. The lowest BCUT2D eigenvalue weighted by Gasteiger charge is -1.80. The van der Waals surface area contributed by atoms with E-state index >= 15 is 0 Å². The second-order valence-corrected chi connectivity index (χ2v) is 2.53. The number of hydrogen-bond donors (Lipinski definition) is 1. The van der Waals surface area contributed by atoms with Crippen LogP contribution < -0.4 is 16.2 Å². The van der Waals surface area contributed by atoms with Crippen molar-refractivity contribution in [2.75, 3.05) is 0 Å². The summed E-state index contributed by atoms with van der Waals surface area (Å²) in [4.78, 5) is 26.3. The van der Waals surface area contributed by atoms with Crippen LogP contribution in [0.15, 0.2) is 33.2 Å². The maximum absolute atomic E-state index is 11.3. The van der Waals surface area contributed by atoms with E-state index in [4.69, 9.17) is 5.21 Å². The third kappa shape index (κ3) is 0.868. The maximum atomic E-state index is 11.3. The Hall–Kier alpha value is -2.04. The van der Waals surface area contributed by atoms with E-state index in [1.807, 2.05) is 0 Å². The highest BCUT2D eigenvalue weighted by Crippen LogP contribution is 1.98. The van der Waals surface area contributed by atoms with Gasteiger partial charge in [0.2, 0.25) is 10.9 Å². The summed E-state index contributed by atoms with van der Waals surface area (Å²) in [5.41, 5.74) is -1.12. The molecule has 0 bridgehead atoms. The molecule has 1 aromatic heterocycles. The molecule has 1 N–H and O–H groups in total. The van der Waals surface area contributed by atoms with Crippen LogP contribution in [0, 0.1) is 0 Å². The van der Waals surface area contributed by atoms with Gasteiger partial charge in [0.15, 0.2) is 5.36 Å². The second-order valence-electron chi connectivity index (χ2n) is 2.53. The van der Waals surface area contributed by atoms with Gasteiger partial charge in [0, 0.05) is 17.8 Å². The molecule has 2 aromatic rings. The molecule has 2 rings (SSSR count). The summed E-state index contributed by atoms with van der Waals surface area (Å²) in [5.74, 6) is 0. The van der Waals surface area contributed by atoms with Crippen molar-refractivity contribution >= 4 is 10.8 Å². The molecule has 0 aliphatic heterocycles. The smallest absolute Gasteiger partial charge is 0.221 e. The lowest BCUT2D eigenvalue weighted by atomic mass is 10.3. The lowest BCUT2D eigenvalue weighted by molar-refractivity contribution is 0.301. The normalized spacial score (nSPS) is 12.5. The van der Waals surface area contributed by atoms with Gasteiger partial charge in [-0.25, -0.2) is 0 Å². The molecule has 0 amide bonds. The Morgan fingerprint density at radius 3 is 2.54 bits per heavy atom. The number of nitrogens with zero attached hydrogens (tertiary/aromatic N) is 2. The Labute approximate surface area is 71.3 Å². The van der Waals surface area contributed by atoms with Crippen LogP contribution in [-0.4, -0.2) is 10.2 Å². The minimum absolute atomic E-state index is 0.195. The highest BCUT2D eigenvalue weighted by Gasteiger charge is 2.09. The van der Waals surface area contributed by atoms with Gasteiger partial charge in [0.25, 0.3) is 0 Å². The van der Waals surface area contributed by atoms with Crippen LogP contribution in [0.1, 0.15) is 0 Å². The van der Waals surface area contributed by atoms with Crippen LogP contribution in [-0.2, 0) is 0 Å². The minimum atomic E-state index is -0.574. The molecule has 13 heavy (non-hydrogen) atoms. The standard InChI is InChI=1S/C8H4N2O3/c11-7-4-1-2-9-3-5(4)8(12)6(7)10-13/h1-3,13H. The van der Waals surface area contributed by atoms with Crippen LogP contribution in [0.2, 0.25) is 0 Å². The first-order valence-corrected chi connectivity index (χ1v) is 3.51. The largest absolute Gasteiger partial charge is 0.410 e. The lowest BCUT2D eigenvalue weighted by Crippen LogP contribution is -2.31. The average molecular weight is 176 g/mol. The van der Waals surface area contributed by atoms with Crippen molar-refractivity contribution in [3.63, 3.8) is 0 Å². The Morgan fingerprint density at radius 2 is 1.92 bits per heavy atom. The molecule has 1 heterocycles. The number of aromatic nitrogens is 1. The van der Waals surface area contributed by atoms with Gasteiger partial charge in [-0.05, 0) is 6.07 Å². The van der Waals surface area contributed by atoms with Gasteiger partial charge in [0.05, 0.1) is 5.39 Å². The van der Waals surface area contributed by atoms with Gasteiger partial charge in [-0.15, -0.1) is 0 Å². The molecule has 0 unspecified atom stereocenters. The number of hydrogen-bond acceptors (Lipinski definition) is 5. The molecular weight excluding hydrogens is 172 g/mol. The van der Waals surface area contributed by atoms with E-state index in [2.05, 4.69) is 10.1 Å². The summed E-state index contributed by atoms with van der Waals surface area (Å²) in [6.45, 7) is 0. The minimum Gasteiger partial charge on any atom is -0.410 e. The Kier molecular flexibility index (Phi) is 1.45. The summed E-state index contributed by atoms with van der Waals surface area (Å²) in [6, 6.07) is 1.42. The molecule has 0 saturated heterocycles. The van der Waals surface area contributed by atoms with Gasteiger partial charge in [0.1, 0.15) is 0 Å². The van der Waals surface area contributed by atoms with Crippen LogP contribution in [0.4, 0.5) is 0 Å². The van der Waals surface area contributed by atoms with E-state index in [1.54, 1.807) is 0 Å². The Balaban J connectivity index is 3.26. The highest BCUT2D eigenvalue weighted by molar-refractivity contribution is 5.82. The molecule has 0 aliphatic rings. The molecular formula is C8H4N2O3. The van der Waals surface area contributed by atoms with Crippen molar-refractivity contribution in [1.29, 1.82) is 0 Å². The van der Waals surface area contributed by atoms with Crippen molar-refractivity contribution in [2.45, 2.75) is 0 Å². The summed E-state index contributed by atoms with van der Waals surface area (Å²) in [6.07, 6.45) is 2.69. The van der Waals surface area contributed by atoms with Gasteiger partial charge >= 0.3 is 0 Å². The molecule has 0 fully saturated rings. The van der Waals surface area contributed by atoms with Gasteiger partial charge in [-0.3, -0.25) is 14.6 Å². The average Bonchev–Trinajstić information content (AvgIpc) is 2.41. The fraction of sp³-hybridized carbons (Fsp3) is 0. The van der Waals surface area contributed by atoms with Crippen molar-refractivity contribution in [1.82, 2.24) is 4.98 Å². The molecule has 0 aliphatic carbocycles. The fourth-order valence-electron chi connectivity index (χ4n) is 1.22. The first-order chi connectivity index (χ1) is 6.25. The first kappa shape index (κ1) is 7.60. The zero-order chi connectivity index (χ0) is 9.42. The van der Waals surface area contributed by atoms with E-state index in [9.17, 15) is 9.59 Å². The zero-order valence-corrected chi connectivity index (χ0v) is 6.39. The monoisotopic (exact) mass is 176 g/mol. The third-order valence-electron chi connectivity index (χ3n) is 1.84. The second kappa shape index (κ2) is 2.48. The van der Waals surface area contributed by atoms with Crippen LogP contribution in [0.3, 0.4) is 0 Å². The molecule has 5 heteroatoms. The Morgan fingerprint density at radius 1 is 1.23 bits per heavy atom. The number of fused-ring (bicyclic) bond motifs is 1. The zero-order valence-electron chi connectivity index (χ0n) is 6.39. The Bertz CT molecular complexity index is 558. The van der Waals surface area contributed by atoms with Crippen LogP contribution in [0.25, 0.3) is 10.8 Å². The van der Waals surface area contributed by atoms with Crippen molar-refractivity contribution < 1.29 is 5.21 Å². The summed E-state index contributed by atoms with van der Waals surface area (Å²) < 4.78 is 0. The topological polar surface area (TPSA) is 79.6 Å². The van der Waals surface area contributed by atoms with Gasteiger partial charge in [-0.1, -0.05) is 5.16 Å². The SMILES string of the molecule is O=c1c(=NO)c(=O)c2cnccc12. The number of rotatable bonds is 0. The summed E-state index contributed by atoms with van der Waals surface area (Å²) >= 11 is 0. The summed E-state index contributed by atoms with van der Waals surface area (Å²) in [7, 11) is 0. The predicted octanol–water partition coefficient (Wildman–Crippen LogP) is -0.879. The van der Waals surface area contributed by atoms with Crippen LogP contribution in [0.5, 0.6) is 0 Å². The first-order valence-electron chi connectivity index (χ1n) is 3.51. The summed E-state index contributed by atoms with van der Waals surface area (Å²) in [5, 5.41) is 11.1. The van der Waals surface area contributed by atoms with E-state index in [1.165, 1.54) is 18.5 Å². The maximum Gasteiger partial charge on any atom is 0.221 e. The van der Waals surface area contributed by atoms with Crippen molar-refractivity contribution in [3.05, 3.63) is 44.3 Å². The predicted molar refractivity (Wildman–Crippen MR) is 44.0 cm³/mol. The number of pyridine rings is 1. The molecule has 5 nitrogen and oxygen atoms in total. The quantitative estimate of drug-likeness (QED) is 0.417.